The van der Waals surface area contributed by atoms with Crippen LogP contribution in [0.15, 0.2) is 18.2 Å². The number of fused-ring (bicyclic) bond motifs is 1. The molecule has 0 saturated heterocycles. The Balaban J connectivity index is 1.67. The van der Waals surface area contributed by atoms with E-state index in [9.17, 15) is 9.67 Å². The van der Waals surface area contributed by atoms with Gasteiger partial charge in [0, 0.05) is 0 Å². The molecule has 6 nitrogen and oxygen atoms in total. The van der Waals surface area contributed by atoms with E-state index in [1.54, 1.807) is 18.2 Å². The molecule has 198 valence electrons. The maximum Gasteiger partial charge on any atom is 0.363 e. The van der Waals surface area contributed by atoms with Crippen LogP contribution in [-0.2, 0) is 13.6 Å². The standard InChI is InChI=1S/C28H45O6P/c1-17(2)22-10-7-19(5)13-25(22)33-35(30,34-26-14-20(6)8-11-23(26)18(3)4)28(29)21-9-12-24-27(15-21)32-16-31-24/h9,12,15,17-20,22-23,25-26,28-29H,7-8,10-11,13-14,16H2,1-6H3/t19-,20+,22-,23-,25-,26-,28+,35?/m1/s1. The number of benzene rings is 1. The Morgan fingerprint density at radius 2 is 1.37 bits per heavy atom. The SMILES string of the molecule is CC(C)[C@H]1CC[C@@H](C)C[C@H]1OP(=O)(O[C@@H]1C[C@@H](C)CC[C@@H]1C(C)C)[C@H](O)c1ccc2c(c1)OCO2. The van der Waals surface area contributed by atoms with Gasteiger partial charge in [0.15, 0.2) is 17.3 Å². The highest BCUT2D eigenvalue weighted by Crippen LogP contribution is 2.64. The van der Waals surface area contributed by atoms with E-state index >= 15 is 0 Å². The Morgan fingerprint density at radius 3 is 1.89 bits per heavy atom. The molecule has 1 aromatic rings. The number of hydrogen-bond donors (Lipinski definition) is 1. The first-order chi connectivity index (χ1) is 16.6. The Morgan fingerprint density at radius 1 is 0.857 bits per heavy atom. The molecule has 2 saturated carbocycles. The summed E-state index contributed by atoms with van der Waals surface area (Å²) in [7, 11) is -3.94. The second kappa shape index (κ2) is 11.1. The van der Waals surface area contributed by atoms with Gasteiger partial charge in [-0.15, -0.1) is 0 Å². The van der Waals surface area contributed by atoms with Crippen molar-refractivity contribution in [1.29, 1.82) is 0 Å². The summed E-state index contributed by atoms with van der Waals surface area (Å²) in [6.07, 6.45) is 5.63. The van der Waals surface area contributed by atoms with Crippen LogP contribution in [-0.4, -0.2) is 24.1 Å². The third-order valence-electron chi connectivity index (χ3n) is 8.48. The Hall–Kier alpha value is -1.07. The fourth-order valence-corrected chi connectivity index (χ4v) is 8.29. The van der Waals surface area contributed by atoms with E-state index in [4.69, 9.17) is 18.5 Å². The third kappa shape index (κ3) is 6.09. The first-order valence-corrected chi connectivity index (χ1v) is 15.2. The van der Waals surface area contributed by atoms with Crippen LogP contribution in [0.4, 0.5) is 0 Å². The summed E-state index contributed by atoms with van der Waals surface area (Å²) < 4.78 is 38.8. The van der Waals surface area contributed by atoms with Crippen molar-refractivity contribution in [3.8, 4) is 11.5 Å². The average Bonchev–Trinajstić information content (AvgIpc) is 3.26. The molecule has 35 heavy (non-hydrogen) atoms. The molecule has 1 aromatic carbocycles. The van der Waals surface area contributed by atoms with Crippen LogP contribution in [0.2, 0.25) is 0 Å². The quantitative estimate of drug-likeness (QED) is 0.365. The van der Waals surface area contributed by atoms with Crippen molar-refractivity contribution < 1.29 is 28.2 Å². The third-order valence-corrected chi connectivity index (χ3v) is 10.5. The highest BCUT2D eigenvalue weighted by atomic mass is 31.2. The van der Waals surface area contributed by atoms with Gasteiger partial charge in [0.2, 0.25) is 6.79 Å². The second-order valence-electron chi connectivity index (χ2n) is 12.0. The largest absolute Gasteiger partial charge is 0.454 e. The van der Waals surface area contributed by atoms with Gasteiger partial charge in [-0.3, -0.25) is 4.57 Å². The van der Waals surface area contributed by atoms with Crippen molar-refractivity contribution in [1.82, 2.24) is 0 Å². The number of aliphatic hydroxyl groups is 1. The van der Waals surface area contributed by atoms with E-state index in [-0.39, 0.29) is 19.0 Å². The molecule has 0 radical (unpaired) electrons. The molecule has 0 aromatic heterocycles. The van der Waals surface area contributed by atoms with Crippen LogP contribution in [0, 0.1) is 35.5 Å². The van der Waals surface area contributed by atoms with Crippen molar-refractivity contribution in [3.05, 3.63) is 23.8 Å². The summed E-state index contributed by atoms with van der Waals surface area (Å²) in [4.78, 5) is 0. The molecular formula is C28H45O6P. The van der Waals surface area contributed by atoms with Crippen molar-refractivity contribution in [2.24, 2.45) is 35.5 Å². The van der Waals surface area contributed by atoms with E-state index in [1.165, 1.54) is 0 Å². The van der Waals surface area contributed by atoms with E-state index in [0.717, 1.165) is 38.5 Å². The van der Waals surface area contributed by atoms with Crippen LogP contribution >= 0.6 is 7.60 Å². The van der Waals surface area contributed by atoms with Gasteiger partial charge < -0.3 is 23.6 Å². The first kappa shape index (κ1) is 27.0. The molecule has 3 aliphatic rings. The van der Waals surface area contributed by atoms with Crippen LogP contribution in [0.3, 0.4) is 0 Å². The predicted molar refractivity (Wildman–Crippen MR) is 138 cm³/mol. The normalized spacial score (nSPS) is 33.6. The van der Waals surface area contributed by atoms with Crippen molar-refractivity contribution in [3.63, 3.8) is 0 Å². The minimum absolute atomic E-state index is 0.144. The zero-order valence-electron chi connectivity index (χ0n) is 22.3. The molecule has 0 spiro atoms. The minimum Gasteiger partial charge on any atom is -0.454 e. The fraction of sp³-hybridized carbons (Fsp3) is 0.786. The van der Waals surface area contributed by atoms with Crippen molar-refractivity contribution in [2.45, 2.75) is 98.1 Å². The monoisotopic (exact) mass is 508 g/mol. The lowest BCUT2D eigenvalue weighted by molar-refractivity contribution is -0.0154. The van der Waals surface area contributed by atoms with E-state index in [0.29, 0.717) is 52.6 Å². The number of ether oxygens (including phenoxy) is 2. The van der Waals surface area contributed by atoms with Crippen LogP contribution < -0.4 is 9.47 Å². The van der Waals surface area contributed by atoms with Gasteiger partial charge in [-0.05, 0) is 78.9 Å². The zero-order chi connectivity index (χ0) is 25.3. The molecule has 1 unspecified atom stereocenters. The molecule has 8 atom stereocenters. The number of rotatable bonds is 8. The van der Waals surface area contributed by atoms with Gasteiger partial charge in [-0.2, -0.15) is 0 Å². The van der Waals surface area contributed by atoms with E-state index in [2.05, 4.69) is 41.5 Å². The summed E-state index contributed by atoms with van der Waals surface area (Å²) in [6.45, 7) is 13.4. The van der Waals surface area contributed by atoms with Gasteiger partial charge in [-0.25, -0.2) is 0 Å². The summed E-state index contributed by atoms with van der Waals surface area (Å²) in [5, 5.41) is 11.6. The smallest absolute Gasteiger partial charge is 0.363 e. The fourth-order valence-electron chi connectivity index (χ4n) is 6.25. The lowest BCUT2D eigenvalue weighted by atomic mass is 9.75. The van der Waals surface area contributed by atoms with Crippen molar-refractivity contribution in [2.75, 3.05) is 6.79 Å². The van der Waals surface area contributed by atoms with Gasteiger partial charge >= 0.3 is 7.60 Å². The summed E-state index contributed by atoms with van der Waals surface area (Å²) in [5.41, 5.74) is 0.479. The lowest BCUT2D eigenvalue weighted by Gasteiger charge is -2.42. The summed E-state index contributed by atoms with van der Waals surface area (Å²) in [5.74, 6) is 2.16. The van der Waals surface area contributed by atoms with Crippen molar-refractivity contribution >= 4 is 7.60 Å². The minimum atomic E-state index is -3.94. The molecule has 1 N–H and O–H groups in total. The molecule has 4 rings (SSSR count). The Kier molecular flexibility index (Phi) is 8.58. The van der Waals surface area contributed by atoms with Gasteiger partial charge in [0.05, 0.1) is 12.2 Å². The molecule has 0 bridgehead atoms. The number of hydrogen-bond acceptors (Lipinski definition) is 6. The number of aliphatic hydroxyl groups excluding tert-OH is 1. The average molecular weight is 509 g/mol. The molecule has 0 amide bonds. The van der Waals surface area contributed by atoms with Crippen LogP contribution in [0.1, 0.15) is 91.5 Å². The molecule has 2 aliphatic carbocycles. The topological polar surface area (TPSA) is 74.2 Å². The molecule has 2 fully saturated rings. The molecule has 7 heteroatoms. The Bertz CT molecular complexity index is 863. The van der Waals surface area contributed by atoms with E-state index < -0.39 is 13.4 Å². The lowest BCUT2D eigenvalue weighted by Crippen LogP contribution is -2.37. The summed E-state index contributed by atoms with van der Waals surface area (Å²) in [6, 6.07) is 5.20. The maximum atomic E-state index is 14.7. The molecular weight excluding hydrogens is 463 g/mol. The van der Waals surface area contributed by atoms with Crippen LogP contribution in [0.25, 0.3) is 0 Å². The molecule has 1 heterocycles. The van der Waals surface area contributed by atoms with Gasteiger partial charge in [0.25, 0.3) is 0 Å². The Labute approximate surface area is 211 Å². The maximum absolute atomic E-state index is 14.7. The molecule has 1 aliphatic heterocycles. The van der Waals surface area contributed by atoms with Gasteiger partial charge in [-0.1, -0.05) is 60.5 Å². The first-order valence-electron chi connectivity index (χ1n) is 13.6. The highest BCUT2D eigenvalue weighted by Gasteiger charge is 2.46. The highest BCUT2D eigenvalue weighted by molar-refractivity contribution is 7.54. The summed E-state index contributed by atoms with van der Waals surface area (Å²) >= 11 is 0. The predicted octanol–water partition coefficient (Wildman–Crippen LogP) is 7.55. The van der Waals surface area contributed by atoms with Gasteiger partial charge in [0.1, 0.15) is 0 Å². The second-order valence-corrected chi connectivity index (χ2v) is 14.0. The van der Waals surface area contributed by atoms with E-state index in [1.807, 2.05) is 0 Å². The zero-order valence-corrected chi connectivity index (χ0v) is 23.2. The van der Waals surface area contributed by atoms with Crippen LogP contribution in [0.5, 0.6) is 11.5 Å².